The Morgan fingerprint density at radius 1 is 1.35 bits per heavy atom. The van der Waals surface area contributed by atoms with Gasteiger partial charge in [0.05, 0.1) is 5.75 Å². The van der Waals surface area contributed by atoms with E-state index in [0.29, 0.717) is 17.0 Å². The molecule has 0 atom stereocenters. The van der Waals surface area contributed by atoms with E-state index >= 15 is 0 Å². The molecule has 0 saturated carbocycles. The molecule has 3 nitrogen and oxygen atoms in total. The summed E-state index contributed by atoms with van der Waals surface area (Å²) in [6, 6.07) is 5.13. The van der Waals surface area contributed by atoms with Crippen LogP contribution in [0.1, 0.15) is 28.8 Å². The van der Waals surface area contributed by atoms with Crippen LogP contribution in [-0.2, 0) is 9.84 Å². The molecule has 0 aliphatic heterocycles. The van der Waals surface area contributed by atoms with E-state index in [2.05, 4.69) is 0 Å². The Kier molecular flexibility index (Phi) is 4.71. The molecule has 1 aromatic rings. The summed E-state index contributed by atoms with van der Waals surface area (Å²) in [5.74, 6) is -0.0214. The lowest BCUT2D eigenvalue weighted by atomic mass is 10.0. The van der Waals surface area contributed by atoms with Crippen LogP contribution < -0.4 is 0 Å². The van der Waals surface area contributed by atoms with Crippen LogP contribution in [0, 0.1) is 6.92 Å². The smallest absolute Gasteiger partial charge is 0.163 e. The van der Waals surface area contributed by atoms with Crippen LogP contribution in [0.25, 0.3) is 0 Å². The van der Waals surface area contributed by atoms with Crippen molar-refractivity contribution >= 4 is 27.2 Å². The summed E-state index contributed by atoms with van der Waals surface area (Å²) < 4.78 is 21.9. The van der Waals surface area contributed by atoms with Crippen molar-refractivity contribution in [3.05, 3.63) is 34.3 Å². The predicted molar refractivity (Wildman–Crippen MR) is 69.5 cm³/mol. The average Bonchev–Trinajstić information content (AvgIpc) is 2.19. The number of carbonyl (C=O) groups excluding carboxylic acids is 1. The lowest BCUT2D eigenvalue weighted by Crippen LogP contribution is -2.07. The van der Waals surface area contributed by atoms with Crippen molar-refractivity contribution in [2.45, 2.75) is 19.8 Å². The van der Waals surface area contributed by atoms with Crippen LogP contribution >= 0.6 is 11.6 Å². The molecule has 1 aromatic carbocycles. The normalized spacial score (nSPS) is 11.5. The van der Waals surface area contributed by atoms with Crippen LogP contribution in [0.15, 0.2) is 18.2 Å². The third-order valence-electron chi connectivity index (χ3n) is 2.42. The molecule has 0 aromatic heterocycles. The summed E-state index contributed by atoms with van der Waals surface area (Å²) in [5, 5.41) is 0.516. The average molecular weight is 275 g/mol. The Morgan fingerprint density at radius 3 is 2.59 bits per heavy atom. The molecule has 17 heavy (non-hydrogen) atoms. The first-order valence-electron chi connectivity index (χ1n) is 5.26. The maximum absolute atomic E-state index is 11.9. The highest BCUT2D eigenvalue weighted by atomic mass is 35.5. The Labute approximate surface area is 107 Å². The Hall–Kier alpha value is -0.870. The molecule has 0 spiro atoms. The highest BCUT2D eigenvalue weighted by Crippen LogP contribution is 2.17. The molecule has 0 fully saturated rings. The van der Waals surface area contributed by atoms with E-state index in [4.69, 9.17) is 11.6 Å². The van der Waals surface area contributed by atoms with Crippen LogP contribution in [0.4, 0.5) is 0 Å². The SMILES string of the molecule is Cc1ccc(Cl)cc1C(=O)CCCS(C)(=O)=O. The zero-order chi connectivity index (χ0) is 13.1. The van der Waals surface area contributed by atoms with Crippen molar-refractivity contribution in [2.75, 3.05) is 12.0 Å². The molecule has 0 heterocycles. The predicted octanol–water partition coefficient (Wildman–Crippen LogP) is 2.66. The monoisotopic (exact) mass is 274 g/mol. The lowest BCUT2D eigenvalue weighted by molar-refractivity contribution is 0.0981. The Bertz CT molecular complexity index is 521. The number of hydrogen-bond acceptors (Lipinski definition) is 3. The van der Waals surface area contributed by atoms with E-state index in [-0.39, 0.29) is 18.0 Å². The van der Waals surface area contributed by atoms with Gasteiger partial charge in [-0.15, -0.1) is 0 Å². The van der Waals surface area contributed by atoms with E-state index in [1.165, 1.54) is 6.26 Å². The Morgan fingerprint density at radius 2 is 2.00 bits per heavy atom. The highest BCUT2D eigenvalue weighted by Gasteiger charge is 2.11. The fraction of sp³-hybridized carbons (Fsp3) is 0.417. The first-order chi connectivity index (χ1) is 7.79. The number of rotatable bonds is 5. The number of sulfone groups is 1. The van der Waals surface area contributed by atoms with Crippen molar-refractivity contribution in [1.29, 1.82) is 0 Å². The summed E-state index contributed by atoms with van der Waals surface area (Å²) in [7, 11) is -3.00. The van der Waals surface area contributed by atoms with E-state index in [9.17, 15) is 13.2 Å². The molecule has 94 valence electrons. The number of benzene rings is 1. The summed E-state index contributed by atoms with van der Waals surface area (Å²) in [6.07, 6.45) is 1.75. The fourth-order valence-corrected chi connectivity index (χ4v) is 2.37. The van der Waals surface area contributed by atoms with Crippen LogP contribution in [0.5, 0.6) is 0 Å². The van der Waals surface area contributed by atoms with Crippen molar-refractivity contribution < 1.29 is 13.2 Å². The molecule has 0 bridgehead atoms. The van der Waals surface area contributed by atoms with Gasteiger partial charge in [0.1, 0.15) is 9.84 Å². The third kappa shape index (κ3) is 4.88. The van der Waals surface area contributed by atoms with Gasteiger partial charge in [-0.3, -0.25) is 4.79 Å². The number of hydrogen-bond donors (Lipinski definition) is 0. The van der Waals surface area contributed by atoms with Crippen LogP contribution in [-0.4, -0.2) is 26.2 Å². The summed E-state index contributed by atoms with van der Waals surface area (Å²) >= 11 is 5.82. The third-order valence-corrected chi connectivity index (χ3v) is 3.68. The van der Waals surface area contributed by atoms with Crippen LogP contribution in [0.3, 0.4) is 0 Å². The van der Waals surface area contributed by atoms with E-state index < -0.39 is 9.84 Å². The van der Waals surface area contributed by atoms with E-state index in [1.807, 2.05) is 6.92 Å². The van der Waals surface area contributed by atoms with Crippen molar-refractivity contribution in [2.24, 2.45) is 0 Å². The minimum Gasteiger partial charge on any atom is -0.294 e. The van der Waals surface area contributed by atoms with Gasteiger partial charge in [-0.2, -0.15) is 0 Å². The second-order valence-corrected chi connectivity index (χ2v) is 6.81. The minimum absolute atomic E-state index is 0.0400. The van der Waals surface area contributed by atoms with Gasteiger partial charge in [-0.25, -0.2) is 8.42 Å². The maximum atomic E-state index is 11.9. The molecule has 0 saturated heterocycles. The second kappa shape index (κ2) is 5.65. The first kappa shape index (κ1) is 14.2. The highest BCUT2D eigenvalue weighted by molar-refractivity contribution is 7.90. The van der Waals surface area contributed by atoms with E-state index in [1.54, 1.807) is 18.2 Å². The number of Topliss-reactive ketones (excluding diaryl/α,β-unsaturated/α-hetero) is 1. The Balaban J connectivity index is 2.67. The first-order valence-corrected chi connectivity index (χ1v) is 7.70. The van der Waals surface area contributed by atoms with Gasteiger partial charge in [-0.05, 0) is 31.0 Å². The van der Waals surface area contributed by atoms with Crippen molar-refractivity contribution in [1.82, 2.24) is 0 Å². The molecule has 0 aliphatic carbocycles. The molecule has 0 radical (unpaired) electrons. The molecular formula is C12H15ClO3S. The van der Waals surface area contributed by atoms with Gasteiger partial charge in [0.2, 0.25) is 0 Å². The molecular weight excluding hydrogens is 260 g/mol. The van der Waals surface area contributed by atoms with Crippen molar-refractivity contribution in [3.8, 4) is 0 Å². The molecule has 1 rings (SSSR count). The molecule has 0 amide bonds. The van der Waals surface area contributed by atoms with Crippen LogP contribution in [0.2, 0.25) is 5.02 Å². The van der Waals surface area contributed by atoms with Gasteiger partial charge in [-0.1, -0.05) is 17.7 Å². The summed E-state index contributed by atoms with van der Waals surface area (Å²) in [5.41, 5.74) is 1.43. The summed E-state index contributed by atoms with van der Waals surface area (Å²) in [6.45, 7) is 1.83. The molecule has 0 aliphatic rings. The second-order valence-electron chi connectivity index (χ2n) is 4.12. The standard InChI is InChI=1S/C12H15ClO3S/c1-9-5-6-10(13)8-11(9)12(14)4-3-7-17(2,15)16/h5-6,8H,3-4,7H2,1-2H3. The number of ketones is 1. The lowest BCUT2D eigenvalue weighted by Gasteiger charge is -2.05. The van der Waals surface area contributed by atoms with Crippen molar-refractivity contribution in [3.63, 3.8) is 0 Å². The maximum Gasteiger partial charge on any atom is 0.163 e. The quantitative estimate of drug-likeness (QED) is 0.776. The molecule has 5 heteroatoms. The molecule has 0 unspecified atom stereocenters. The van der Waals surface area contributed by atoms with E-state index in [0.717, 1.165) is 5.56 Å². The number of carbonyl (C=O) groups is 1. The zero-order valence-corrected chi connectivity index (χ0v) is 11.4. The van der Waals surface area contributed by atoms with Gasteiger partial charge in [0.15, 0.2) is 5.78 Å². The number of aryl methyl sites for hydroxylation is 1. The zero-order valence-electron chi connectivity index (χ0n) is 9.86. The molecule has 0 N–H and O–H groups in total. The van der Waals surface area contributed by atoms with Gasteiger partial charge < -0.3 is 0 Å². The minimum atomic E-state index is -3.00. The van der Waals surface area contributed by atoms with Gasteiger partial charge in [0.25, 0.3) is 0 Å². The van der Waals surface area contributed by atoms with Gasteiger partial charge >= 0.3 is 0 Å². The van der Waals surface area contributed by atoms with Gasteiger partial charge in [0, 0.05) is 23.3 Å². The summed E-state index contributed by atoms with van der Waals surface area (Å²) in [4.78, 5) is 11.9. The fourth-order valence-electron chi connectivity index (χ4n) is 1.52. The number of halogens is 1. The topological polar surface area (TPSA) is 51.2 Å². The largest absolute Gasteiger partial charge is 0.294 e.